The van der Waals surface area contributed by atoms with E-state index in [-0.39, 0.29) is 0 Å². The monoisotopic (exact) mass is 243 g/mol. The van der Waals surface area contributed by atoms with Crippen molar-refractivity contribution in [3.8, 4) is 5.75 Å². The Bertz CT molecular complexity index is 526. The van der Waals surface area contributed by atoms with Crippen molar-refractivity contribution in [2.24, 2.45) is 0 Å². The molecule has 2 heteroatoms. The normalized spacial score (nSPS) is 10.9. The molecule has 0 amide bonds. The van der Waals surface area contributed by atoms with Crippen molar-refractivity contribution in [3.05, 3.63) is 53.3 Å². The van der Waals surface area contributed by atoms with E-state index in [0.29, 0.717) is 5.92 Å². The fourth-order valence-electron chi connectivity index (χ4n) is 2.10. The second-order valence-electron chi connectivity index (χ2n) is 5.05. The summed E-state index contributed by atoms with van der Waals surface area (Å²) in [5.74, 6) is 1.50. The summed E-state index contributed by atoms with van der Waals surface area (Å²) in [6.07, 6.45) is 2.25. The van der Waals surface area contributed by atoms with Crippen molar-refractivity contribution >= 4 is 0 Å². The largest absolute Gasteiger partial charge is 0.497 e. The highest BCUT2D eigenvalue weighted by molar-refractivity contribution is 5.30. The quantitative estimate of drug-likeness (QED) is 0.792. The highest BCUT2D eigenvalue weighted by Crippen LogP contribution is 2.20. The predicted octanol–water partition coefficient (Wildman–Crippen LogP) is 3.98. The van der Waals surface area contributed by atoms with Gasteiger partial charge in [-0.25, -0.2) is 0 Å². The zero-order valence-electron chi connectivity index (χ0n) is 11.6. The first-order valence-corrected chi connectivity index (χ1v) is 6.39. The first-order chi connectivity index (χ1) is 8.60. The number of benzene rings is 1. The first kappa shape index (κ1) is 12.7. The van der Waals surface area contributed by atoms with Crippen molar-refractivity contribution in [2.45, 2.75) is 33.2 Å². The molecule has 1 aromatic heterocycles. The Labute approximate surface area is 109 Å². The third-order valence-electron chi connectivity index (χ3n) is 3.29. The van der Waals surface area contributed by atoms with Gasteiger partial charge in [0.15, 0.2) is 0 Å². The second kappa shape index (κ2) is 5.30. The van der Waals surface area contributed by atoms with Crippen molar-refractivity contribution in [2.75, 3.05) is 7.11 Å². The lowest BCUT2D eigenvalue weighted by molar-refractivity contribution is 0.414. The van der Waals surface area contributed by atoms with E-state index in [1.54, 1.807) is 7.11 Å². The molecule has 0 spiro atoms. The maximum atomic E-state index is 5.26. The molecule has 0 fully saturated rings. The molecule has 1 aromatic carbocycles. The van der Waals surface area contributed by atoms with E-state index in [1.165, 1.54) is 16.8 Å². The van der Waals surface area contributed by atoms with Crippen molar-refractivity contribution < 1.29 is 4.74 Å². The number of rotatable bonds is 4. The van der Waals surface area contributed by atoms with E-state index in [2.05, 4.69) is 49.7 Å². The standard InChI is InChI=1S/C16H21NO/c1-12(2)15-8-13(3)17(11-15)10-14-6-5-7-16(9-14)18-4/h5-9,11-12H,10H2,1-4H3. The smallest absolute Gasteiger partial charge is 0.119 e. The number of nitrogens with zero attached hydrogens (tertiary/aromatic N) is 1. The van der Waals surface area contributed by atoms with Crippen LogP contribution in [0.1, 0.15) is 36.6 Å². The molecule has 0 atom stereocenters. The summed E-state index contributed by atoms with van der Waals surface area (Å²) in [4.78, 5) is 0. The van der Waals surface area contributed by atoms with Gasteiger partial charge in [-0.05, 0) is 42.2 Å². The Hall–Kier alpha value is -1.70. The molecule has 0 aliphatic rings. The van der Waals surface area contributed by atoms with Crippen molar-refractivity contribution in [1.82, 2.24) is 4.57 Å². The van der Waals surface area contributed by atoms with Crippen LogP contribution in [0.3, 0.4) is 0 Å². The molecule has 0 N–H and O–H groups in total. The maximum Gasteiger partial charge on any atom is 0.119 e. The number of ether oxygens (including phenoxy) is 1. The molecule has 96 valence electrons. The lowest BCUT2D eigenvalue weighted by atomic mass is 10.1. The molecule has 0 saturated carbocycles. The number of hydrogen-bond acceptors (Lipinski definition) is 1. The Morgan fingerprint density at radius 2 is 2.00 bits per heavy atom. The first-order valence-electron chi connectivity index (χ1n) is 6.39. The van der Waals surface area contributed by atoms with E-state index in [0.717, 1.165) is 12.3 Å². The molecular weight excluding hydrogens is 222 g/mol. The summed E-state index contributed by atoms with van der Waals surface area (Å²) >= 11 is 0. The lowest BCUT2D eigenvalue weighted by Crippen LogP contribution is -2.00. The Morgan fingerprint density at radius 1 is 1.22 bits per heavy atom. The van der Waals surface area contributed by atoms with Gasteiger partial charge in [0.05, 0.1) is 7.11 Å². The molecule has 1 heterocycles. The third kappa shape index (κ3) is 2.76. The molecule has 0 aliphatic heterocycles. The number of aryl methyl sites for hydroxylation is 1. The SMILES string of the molecule is COc1cccc(Cn2cc(C(C)C)cc2C)c1. The van der Waals surface area contributed by atoms with Crippen LogP contribution in [-0.4, -0.2) is 11.7 Å². The molecule has 2 nitrogen and oxygen atoms in total. The second-order valence-corrected chi connectivity index (χ2v) is 5.05. The van der Waals surface area contributed by atoms with Gasteiger partial charge >= 0.3 is 0 Å². The summed E-state index contributed by atoms with van der Waals surface area (Å²) < 4.78 is 7.55. The van der Waals surface area contributed by atoms with Crippen LogP contribution in [-0.2, 0) is 6.54 Å². The summed E-state index contributed by atoms with van der Waals surface area (Å²) in [5.41, 5.74) is 3.97. The van der Waals surface area contributed by atoms with Gasteiger partial charge in [0.2, 0.25) is 0 Å². The zero-order valence-corrected chi connectivity index (χ0v) is 11.6. The molecule has 0 saturated heterocycles. The fraction of sp³-hybridized carbons (Fsp3) is 0.375. The van der Waals surface area contributed by atoms with Crippen LogP contribution in [0.5, 0.6) is 5.75 Å². The van der Waals surface area contributed by atoms with Crippen molar-refractivity contribution in [3.63, 3.8) is 0 Å². The number of hydrogen-bond donors (Lipinski definition) is 0. The average Bonchev–Trinajstić information content (AvgIpc) is 2.71. The highest BCUT2D eigenvalue weighted by Gasteiger charge is 2.06. The minimum atomic E-state index is 0.579. The van der Waals surface area contributed by atoms with Gasteiger partial charge in [0, 0.05) is 18.4 Å². The molecule has 2 rings (SSSR count). The van der Waals surface area contributed by atoms with Gasteiger partial charge in [-0.1, -0.05) is 26.0 Å². The molecular formula is C16H21NO. The van der Waals surface area contributed by atoms with Gasteiger partial charge in [-0.3, -0.25) is 0 Å². The minimum absolute atomic E-state index is 0.579. The molecule has 0 aliphatic carbocycles. The van der Waals surface area contributed by atoms with Crippen LogP contribution in [0, 0.1) is 6.92 Å². The number of aromatic nitrogens is 1. The van der Waals surface area contributed by atoms with Gasteiger partial charge < -0.3 is 9.30 Å². The Kier molecular flexibility index (Phi) is 3.75. The van der Waals surface area contributed by atoms with Crippen LogP contribution >= 0.6 is 0 Å². The zero-order chi connectivity index (χ0) is 13.1. The lowest BCUT2D eigenvalue weighted by Gasteiger charge is -2.08. The Morgan fingerprint density at radius 3 is 2.61 bits per heavy atom. The summed E-state index contributed by atoms with van der Waals surface area (Å²) in [5, 5.41) is 0. The van der Waals surface area contributed by atoms with E-state index in [9.17, 15) is 0 Å². The van der Waals surface area contributed by atoms with E-state index >= 15 is 0 Å². The van der Waals surface area contributed by atoms with Crippen LogP contribution in [0.4, 0.5) is 0 Å². The van der Waals surface area contributed by atoms with Crippen LogP contribution in [0.15, 0.2) is 36.5 Å². The maximum absolute atomic E-state index is 5.26. The molecule has 0 unspecified atom stereocenters. The summed E-state index contributed by atoms with van der Waals surface area (Å²) in [6, 6.07) is 10.5. The molecule has 0 bridgehead atoms. The van der Waals surface area contributed by atoms with Crippen molar-refractivity contribution in [1.29, 1.82) is 0 Å². The third-order valence-corrected chi connectivity index (χ3v) is 3.29. The van der Waals surface area contributed by atoms with Crippen LogP contribution in [0.25, 0.3) is 0 Å². The summed E-state index contributed by atoms with van der Waals surface area (Å²) in [6.45, 7) is 7.51. The molecule has 2 aromatic rings. The fourth-order valence-corrected chi connectivity index (χ4v) is 2.10. The van der Waals surface area contributed by atoms with E-state index < -0.39 is 0 Å². The highest BCUT2D eigenvalue weighted by atomic mass is 16.5. The van der Waals surface area contributed by atoms with Gasteiger partial charge in [0.1, 0.15) is 5.75 Å². The van der Waals surface area contributed by atoms with Gasteiger partial charge in [-0.15, -0.1) is 0 Å². The average molecular weight is 243 g/mol. The van der Waals surface area contributed by atoms with E-state index in [1.807, 2.05) is 12.1 Å². The van der Waals surface area contributed by atoms with Gasteiger partial charge in [0.25, 0.3) is 0 Å². The number of methoxy groups -OCH3 is 1. The molecule has 0 radical (unpaired) electrons. The summed E-state index contributed by atoms with van der Waals surface area (Å²) in [7, 11) is 1.71. The topological polar surface area (TPSA) is 14.2 Å². The van der Waals surface area contributed by atoms with Crippen LogP contribution < -0.4 is 4.74 Å². The predicted molar refractivity (Wildman–Crippen MR) is 75.4 cm³/mol. The minimum Gasteiger partial charge on any atom is -0.497 e. The Balaban J connectivity index is 2.22. The van der Waals surface area contributed by atoms with E-state index in [4.69, 9.17) is 4.74 Å². The molecule has 18 heavy (non-hydrogen) atoms. The van der Waals surface area contributed by atoms with Gasteiger partial charge in [-0.2, -0.15) is 0 Å². The van der Waals surface area contributed by atoms with Crippen LogP contribution in [0.2, 0.25) is 0 Å².